The van der Waals surface area contributed by atoms with Gasteiger partial charge in [-0.3, -0.25) is 0 Å². The van der Waals surface area contributed by atoms with Gasteiger partial charge in [-0.25, -0.2) is 4.79 Å². The van der Waals surface area contributed by atoms with Crippen LogP contribution in [0.2, 0.25) is 0 Å². The van der Waals surface area contributed by atoms with Gasteiger partial charge in [0.15, 0.2) is 4.77 Å². The maximum absolute atomic E-state index is 11.7. The van der Waals surface area contributed by atoms with Crippen LogP contribution in [0, 0.1) is 8.34 Å². The molecule has 0 saturated heterocycles. The quantitative estimate of drug-likeness (QED) is 0.497. The van der Waals surface area contributed by atoms with Crippen LogP contribution in [-0.4, -0.2) is 22.6 Å². The standard InChI is InChI=1S/C13H13IN2O2S/c1-8(9-3-5-10(14)6-4-9)16-11(12(17)18-2)7-15-13(16)19/h3-8H,1-2H3,(H,15,19)/t8-/m1/s1. The molecule has 0 bridgehead atoms. The van der Waals surface area contributed by atoms with Crippen molar-refractivity contribution in [2.75, 3.05) is 7.11 Å². The summed E-state index contributed by atoms with van der Waals surface area (Å²) in [6, 6.07) is 8.08. The SMILES string of the molecule is COC(=O)c1c[nH]c(=S)n1[C@H](C)c1ccc(I)cc1. The highest BCUT2D eigenvalue weighted by molar-refractivity contribution is 14.1. The lowest BCUT2D eigenvalue weighted by atomic mass is 10.1. The summed E-state index contributed by atoms with van der Waals surface area (Å²) >= 11 is 7.50. The lowest BCUT2D eigenvalue weighted by Gasteiger charge is -2.16. The molecule has 1 heterocycles. The van der Waals surface area contributed by atoms with Gasteiger partial charge in [0, 0.05) is 9.77 Å². The number of aromatic amines is 1. The van der Waals surface area contributed by atoms with Crippen LogP contribution in [0.4, 0.5) is 0 Å². The fourth-order valence-corrected chi connectivity index (χ4v) is 2.59. The van der Waals surface area contributed by atoms with E-state index >= 15 is 0 Å². The van der Waals surface area contributed by atoms with E-state index in [9.17, 15) is 4.79 Å². The molecule has 1 aromatic carbocycles. The molecule has 4 nitrogen and oxygen atoms in total. The Labute approximate surface area is 129 Å². The normalized spacial score (nSPS) is 12.2. The number of rotatable bonds is 3. The van der Waals surface area contributed by atoms with Gasteiger partial charge >= 0.3 is 5.97 Å². The molecule has 0 aliphatic carbocycles. The van der Waals surface area contributed by atoms with E-state index in [2.05, 4.69) is 27.6 Å². The third-order valence-corrected chi connectivity index (χ3v) is 3.98. The van der Waals surface area contributed by atoms with Crippen molar-refractivity contribution >= 4 is 40.8 Å². The van der Waals surface area contributed by atoms with Crippen LogP contribution in [0.5, 0.6) is 0 Å². The lowest BCUT2D eigenvalue weighted by molar-refractivity contribution is 0.0587. The van der Waals surface area contributed by atoms with Gasteiger partial charge in [0.05, 0.1) is 13.2 Å². The number of imidazole rings is 1. The predicted octanol–water partition coefficient (Wildman–Crippen LogP) is 3.55. The predicted molar refractivity (Wildman–Crippen MR) is 83.9 cm³/mol. The fraction of sp³-hybridized carbons (Fsp3) is 0.231. The Balaban J connectivity index is 2.46. The van der Waals surface area contributed by atoms with Crippen molar-refractivity contribution in [1.82, 2.24) is 9.55 Å². The van der Waals surface area contributed by atoms with Crippen molar-refractivity contribution in [2.24, 2.45) is 0 Å². The van der Waals surface area contributed by atoms with Crippen molar-refractivity contribution in [3.05, 3.63) is 50.1 Å². The highest BCUT2D eigenvalue weighted by Gasteiger charge is 2.18. The van der Waals surface area contributed by atoms with E-state index in [4.69, 9.17) is 17.0 Å². The van der Waals surface area contributed by atoms with E-state index in [1.165, 1.54) is 10.7 Å². The highest BCUT2D eigenvalue weighted by Crippen LogP contribution is 2.21. The van der Waals surface area contributed by atoms with E-state index < -0.39 is 5.97 Å². The van der Waals surface area contributed by atoms with Crippen molar-refractivity contribution in [2.45, 2.75) is 13.0 Å². The molecule has 0 fully saturated rings. The van der Waals surface area contributed by atoms with Crippen LogP contribution < -0.4 is 0 Å². The van der Waals surface area contributed by atoms with Crippen molar-refractivity contribution in [3.8, 4) is 0 Å². The van der Waals surface area contributed by atoms with Crippen LogP contribution in [0.15, 0.2) is 30.5 Å². The van der Waals surface area contributed by atoms with Crippen molar-refractivity contribution < 1.29 is 9.53 Å². The van der Waals surface area contributed by atoms with Crippen LogP contribution in [-0.2, 0) is 4.74 Å². The molecule has 2 rings (SSSR count). The number of aromatic nitrogens is 2. The molecule has 0 spiro atoms. The Bertz CT molecular complexity index is 645. The second-order valence-electron chi connectivity index (χ2n) is 4.07. The molecule has 0 amide bonds. The van der Waals surface area contributed by atoms with Gasteiger partial charge in [-0.05, 0) is 59.4 Å². The first kappa shape index (κ1) is 14.3. The summed E-state index contributed by atoms with van der Waals surface area (Å²) in [6.07, 6.45) is 1.58. The largest absolute Gasteiger partial charge is 0.464 e. The monoisotopic (exact) mass is 388 g/mol. The number of halogens is 1. The Morgan fingerprint density at radius 3 is 2.63 bits per heavy atom. The molecule has 6 heteroatoms. The van der Waals surface area contributed by atoms with Crippen LogP contribution in [0.1, 0.15) is 29.0 Å². The number of hydrogen-bond acceptors (Lipinski definition) is 3. The Morgan fingerprint density at radius 2 is 2.05 bits per heavy atom. The van der Waals surface area contributed by atoms with E-state index in [0.717, 1.165) is 5.56 Å². The Kier molecular flexibility index (Phi) is 4.41. The summed E-state index contributed by atoms with van der Waals surface area (Å²) in [7, 11) is 1.36. The first-order valence-electron chi connectivity index (χ1n) is 5.68. The van der Waals surface area contributed by atoms with Gasteiger partial charge < -0.3 is 14.3 Å². The van der Waals surface area contributed by atoms with Crippen molar-refractivity contribution in [3.63, 3.8) is 0 Å². The van der Waals surface area contributed by atoms with Gasteiger partial charge in [0.2, 0.25) is 0 Å². The molecule has 19 heavy (non-hydrogen) atoms. The van der Waals surface area contributed by atoms with E-state index in [1.807, 2.05) is 31.2 Å². The number of methoxy groups -OCH3 is 1. The molecular weight excluding hydrogens is 375 g/mol. The smallest absolute Gasteiger partial charge is 0.356 e. The fourth-order valence-electron chi connectivity index (χ4n) is 1.92. The topological polar surface area (TPSA) is 47.0 Å². The molecule has 1 N–H and O–H groups in total. The maximum atomic E-state index is 11.7. The number of ether oxygens (including phenoxy) is 1. The molecule has 0 unspecified atom stereocenters. The van der Waals surface area contributed by atoms with E-state index in [1.54, 1.807) is 10.8 Å². The number of H-pyrrole nitrogens is 1. The molecule has 0 radical (unpaired) electrons. The number of esters is 1. The molecular formula is C13H13IN2O2S. The number of carbonyl (C=O) groups excluding carboxylic acids is 1. The summed E-state index contributed by atoms with van der Waals surface area (Å²) in [4.78, 5) is 14.6. The van der Waals surface area contributed by atoms with Crippen LogP contribution in [0.3, 0.4) is 0 Å². The van der Waals surface area contributed by atoms with Crippen LogP contribution >= 0.6 is 34.8 Å². The Hall–Kier alpha value is -1.15. The van der Waals surface area contributed by atoms with Crippen molar-refractivity contribution in [1.29, 1.82) is 0 Å². The first-order valence-corrected chi connectivity index (χ1v) is 7.17. The molecule has 100 valence electrons. The van der Waals surface area contributed by atoms with Crippen LogP contribution in [0.25, 0.3) is 0 Å². The third-order valence-electron chi connectivity index (χ3n) is 2.94. The minimum Gasteiger partial charge on any atom is -0.464 e. The minimum absolute atomic E-state index is 0.0372. The zero-order valence-corrected chi connectivity index (χ0v) is 13.5. The number of nitrogens with zero attached hydrogens (tertiary/aromatic N) is 1. The van der Waals surface area contributed by atoms with E-state index in [0.29, 0.717) is 10.5 Å². The van der Waals surface area contributed by atoms with Gasteiger partial charge in [-0.1, -0.05) is 12.1 Å². The number of carbonyl (C=O) groups is 1. The molecule has 0 saturated carbocycles. The summed E-state index contributed by atoms with van der Waals surface area (Å²) in [5.74, 6) is -0.398. The highest BCUT2D eigenvalue weighted by atomic mass is 127. The van der Waals surface area contributed by atoms with E-state index in [-0.39, 0.29) is 6.04 Å². The Morgan fingerprint density at radius 1 is 1.42 bits per heavy atom. The molecule has 2 aromatic rings. The van der Waals surface area contributed by atoms with Gasteiger partial charge in [-0.15, -0.1) is 0 Å². The third kappa shape index (κ3) is 2.89. The van der Waals surface area contributed by atoms with Gasteiger partial charge in [0.25, 0.3) is 0 Å². The van der Waals surface area contributed by atoms with Gasteiger partial charge in [-0.2, -0.15) is 0 Å². The molecule has 1 aromatic heterocycles. The maximum Gasteiger partial charge on any atom is 0.356 e. The average Bonchev–Trinajstić information content (AvgIpc) is 2.80. The summed E-state index contributed by atoms with van der Waals surface area (Å²) < 4.78 is 8.21. The molecule has 0 aliphatic rings. The second kappa shape index (κ2) is 5.87. The molecule has 0 aliphatic heterocycles. The zero-order valence-electron chi connectivity index (χ0n) is 10.5. The lowest BCUT2D eigenvalue weighted by Crippen LogP contribution is -2.15. The number of benzene rings is 1. The molecule has 1 atom stereocenters. The zero-order chi connectivity index (χ0) is 14.0. The number of nitrogens with one attached hydrogen (secondary N) is 1. The second-order valence-corrected chi connectivity index (χ2v) is 5.70. The first-order chi connectivity index (χ1) is 9.04. The minimum atomic E-state index is -0.398. The number of hydrogen-bond donors (Lipinski definition) is 1. The summed E-state index contributed by atoms with van der Waals surface area (Å²) in [6.45, 7) is 2.00. The summed E-state index contributed by atoms with van der Waals surface area (Å²) in [5.41, 5.74) is 1.51. The summed E-state index contributed by atoms with van der Waals surface area (Å²) in [5, 5.41) is 0. The van der Waals surface area contributed by atoms with Gasteiger partial charge in [0.1, 0.15) is 5.69 Å². The average molecular weight is 388 g/mol.